The van der Waals surface area contributed by atoms with E-state index < -0.39 is 0 Å². The van der Waals surface area contributed by atoms with Gasteiger partial charge < -0.3 is 33.9 Å². The van der Waals surface area contributed by atoms with Crippen LogP contribution in [0.3, 0.4) is 0 Å². The lowest BCUT2D eigenvalue weighted by Crippen LogP contribution is -2.35. The number of carbonyl (C=O) groups excluding carboxylic acids is 2. The van der Waals surface area contributed by atoms with Crippen molar-refractivity contribution in [3.05, 3.63) is 46.5 Å². The standard InChI is InChI=1S/C24H26N2O7/c1-26-10-9-16-17(21-23(33-13-32-21)22(31-4)20(16)24(26)28)12-25-19(27)8-6-14-5-7-15(29-2)11-18(14)30-3/h5-8,11H,9-10,12-13H2,1-4H3,(H,25,27)/b8-6+. The first kappa shape index (κ1) is 22.3. The number of benzene rings is 2. The molecule has 0 bridgehead atoms. The second kappa shape index (κ2) is 9.32. The summed E-state index contributed by atoms with van der Waals surface area (Å²) in [5.74, 6) is 2.07. The van der Waals surface area contributed by atoms with Crippen LogP contribution in [0.1, 0.15) is 27.0 Å². The van der Waals surface area contributed by atoms with Crippen LogP contribution in [-0.2, 0) is 17.8 Å². The summed E-state index contributed by atoms with van der Waals surface area (Å²) in [5, 5.41) is 2.88. The topological polar surface area (TPSA) is 95.6 Å². The van der Waals surface area contributed by atoms with Crippen LogP contribution in [-0.4, -0.2) is 58.4 Å². The highest BCUT2D eigenvalue weighted by atomic mass is 16.7. The molecule has 0 saturated heterocycles. The molecule has 0 spiro atoms. The van der Waals surface area contributed by atoms with E-state index in [-0.39, 0.29) is 25.2 Å². The third kappa shape index (κ3) is 4.13. The summed E-state index contributed by atoms with van der Waals surface area (Å²) in [4.78, 5) is 27.1. The monoisotopic (exact) mass is 454 g/mol. The first-order valence-corrected chi connectivity index (χ1v) is 10.4. The SMILES string of the molecule is COc1ccc(/C=C/C(=O)NCc2c3c(c(OC)c4c2OCO4)C(=O)N(C)CC3)c(OC)c1. The Hall–Kier alpha value is -3.88. The smallest absolute Gasteiger partial charge is 0.257 e. The fourth-order valence-electron chi connectivity index (χ4n) is 4.02. The minimum atomic E-state index is -0.302. The van der Waals surface area contributed by atoms with Gasteiger partial charge in [0, 0.05) is 43.4 Å². The molecular weight excluding hydrogens is 428 g/mol. The van der Waals surface area contributed by atoms with Crippen molar-refractivity contribution in [2.24, 2.45) is 0 Å². The molecule has 33 heavy (non-hydrogen) atoms. The van der Waals surface area contributed by atoms with Crippen LogP contribution < -0.4 is 29.0 Å². The van der Waals surface area contributed by atoms with Gasteiger partial charge in [0.2, 0.25) is 18.4 Å². The van der Waals surface area contributed by atoms with Crippen molar-refractivity contribution in [1.29, 1.82) is 0 Å². The van der Waals surface area contributed by atoms with Crippen molar-refractivity contribution in [3.8, 4) is 28.7 Å². The predicted molar refractivity (Wildman–Crippen MR) is 120 cm³/mol. The Labute approximate surface area is 191 Å². The molecule has 0 atom stereocenters. The average molecular weight is 454 g/mol. The fraction of sp³-hybridized carbons (Fsp3) is 0.333. The van der Waals surface area contributed by atoms with E-state index in [0.717, 1.165) is 16.7 Å². The summed E-state index contributed by atoms with van der Waals surface area (Å²) in [7, 11) is 6.38. The molecule has 0 fully saturated rings. The molecule has 2 aliphatic heterocycles. The molecule has 0 aliphatic carbocycles. The van der Waals surface area contributed by atoms with E-state index in [1.165, 1.54) is 13.2 Å². The van der Waals surface area contributed by atoms with E-state index in [1.807, 2.05) is 6.07 Å². The van der Waals surface area contributed by atoms with Gasteiger partial charge >= 0.3 is 0 Å². The maximum atomic E-state index is 12.9. The highest BCUT2D eigenvalue weighted by Crippen LogP contribution is 2.49. The number of fused-ring (bicyclic) bond motifs is 2. The number of methoxy groups -OCH3 is 3. The zero-order valence-electron chi connectivity index (χ0n) is 19.0. The van der Waals surface area contributed by atoms with E-state index in [0.29, 0.717) is 47.3 Å². The lowest BCUT2D eigenvalue weighted by molar-refractivity contribution is -0.116. The van der Waals surface area contributed by atoms with Gasteiger partial charge in [-0.05, 0) is 30.2 Å². The summed E-state index contributed by atoms with van der Waals surface area (Å²) in [6.45, 7) is 0.765. The molecule has 2 amide bonds. The number of nitrogens with zero attached hydrogens (tertiary/aromatic N) is 1. The second-order valence-corrected chi connectivity index (χ2v) is 7.57. The molecule has 2 aromatic carbocycles. The third-order valence-corrected chi connectivity index (χ3v) is 5.74. The molecule has 174 valence electrons. The molecule has 2 aliphatic rings. The maximum absolute atomic E-state index is 12.9. The normalized spacial score (nSPS) is 14.3. The minimum Gasteiger partial charge on any atom is -0.497 e. The molecule has 0 radical (unpaired) electrons. The molecule has 9 nitrogen and oxygen atoms in total. The average Bonchev–Trinajstić information content (AvgIpc) is 3.32. The summed E-state index contributed by atoms with van der Waals surface area (Å²) in [6.07, 6.45) is 3.71. The predicted octanol–water partition coefficient (Wildman–Crippen LogP) is 2.40. The van der Waals surface area contributed by atoms with Crippen LogP contribution in [0.2, 0.25) is 0 Å². The van der Waals surface area contributed by atoms with Crippen LogP contribution in [0.4, 0.5) is 0 Å². The lowest BCUT2D eigenvalue weighted by Gasteiger charge is -2.28. The van der Waals surface area contributed by atoms with E-state index in [2.05, 4.69) is 5.32 Å². The van der Waals surface area contributed by atoms with Gasteiger partial charge in [-0.3, -0.25) is 9.59 Å². The van der Waals surface area contributed by atoms with Crippen molar-refractivity contribution < 1.29 is 33.3 Å². The number of hydrogen-bond acceptors (Lipinski definition) is 7. The molecule has 4 rings (SSSR count). The van der Waals surface area contributed by atoms with Gasteiger partial charge in [-0.25, -0.2) is 0 Å². The van der Waals surface area contributed by atoms with Crippen molar-refractivity contribution >= 4 is 17.9 Å². The Morgan fingerprint density at radius 3 is 2.67 bits per heavy atom. The van der Waals surface area contributed by atoms with E-state index in [4.69, 9.17) is 23.7 Å². The second-order valence-electron chi connectivity index (χ2n) is 7.57. The number of rotatable bonds is 7. The molecule has 0 aromatic heterocycles. The number of carbonyl (C=O) groups is 2. The lowest BCUT2D eigenvalue weighted by atomic mass is 9.91. The Balaban J connectivity index is 1.58. The molecular formula is C24H26N2O7. The van der Waals surface area contributed by atoms with Crippen molar-refractivity contribution in [2.45, 2.75) is 13.0 Å². The Morgan fingerprint density at radius 1 is 1.15 bits per heavy atom. The zero-order valence-corrected chi connectivity index (χ0v) is 19.0. The number of likely N-dealkylation sites (N-methyl/N-ethyl adjacent to an activating group) is 1. The van der Waals surface area contributed by atoms with Gasteiger partial charge in [-0.15, -0.1) is 0 Å². The van der Waals surface area contributed by atoms with E-state index in [1.54, 1.807) is 44.4 Å². The van der Waals surface area contributed by atoms with Gasteiger partial charge in [0.1, 0.15) is 11.5 Å². The first-order valence-electron chi connectivity index (χ1n) is 10.4. The van der Waals surface area contributed by atoms with Gasteiger partial charge in [0.25, 0.3) is 5.91 Å². The maximum Gasteiger partial charge on any atom is 0.257 e. The van der Waals surface area contributed by atoms with Crippen molar-refractivity contribution in [2.75, 3.05) is 41.7 Å². The molecule has 2 heterocycles. The minimum absolute atomic E-state index is 0.0245. The zero-order chi connectivity index (χ0) is 23.5. The van der Waals surface area contributed by atoms with Crippen LogP contribution in [0.25, 0.3) is 6.08 Å². The van der Waals surface area contributed by atoms with Gasteiger partial charge in [0.05, 0.1) is 26.9 Å². The van der Waals surface area contributed by atoms with Crippen molar-refractivity contribution in [1.82, 2.24) is 10.2 Å². The Morgan fingerprint density at radius 2 is 1.94 bits per heavy atom. The first-order chi connectivity index (χ1) is 16.0. The Kier molecular flexibility index (Phi) is 6.30. The van der Waals surface area contributed by atoms with Crippen molar-refractivity contribution in [3.63, 3.8) is 0 Å². The Bertz CT molecular complexity index is 1130. The number of amides is 2. The van der Waals surface area contributed by atoms with E-state index >= 15 is 0 Å². The number of ether oxygens (including phenoxy) is 5. The summed E-state index contributed by atoms with van der Waals surface area (Å²) in [5.41, 5.74) is 2.73. The van der Waals surface area contributed by atoms with Crippen LogP contribution in [0.15, 0.2) is 24.3 Å². The summed E-state index contributed by atoms with van der Waals surface area (Å²) >= 11 is 0. The third-order valence-electron chi connectivity index (χ3n) is 5.74. The largest absolute Gasteiger partial charge is 0.497 e. The number of nitrogens with one attached hydrogen (secondary N) is 1. The summed E-state index contributed by atoms with van der Waals surface area (Å²) < 4.78 is 27.4. The van der Waals surface area contributed by atoms with Gasteiger partial charge in [0.15, 0.2) is 11.5 Å². The molecule has 1 N–H and O–H groups in total. The van der Waals surface area contributed by atoms with Gasteiger partial charge in [-0.1, -0.05) is 0 Å². The number of hydrogen-bond donors (Lipinski definition) is 1. The molecule has 0 saturated carbocycles. The highest BCUT2D eigenvalue weighted by molar-refractivity contribution is 6.01. The molecule has 2 aromatic rings. The van der Waals surface area contributed by atoms with Crippen LogP contribution >= 0.6 is 0 Å². The van der Waals surface area contributed by atoms with Crippen LogP contribution in [0, 0.1) is 0 Å². The summed E-state index contributed by atoms with van der Waals surface area (Å²) in [6, 6.07) is 5.34. The van der Waals surface area contributed by atoms with Crippen LogP contribution in [0.5, 0.6) is 28.7 Å². The molecule has 0 unspecified atom stereocenters. The van der Waals surface area contributed by atoms with E-state index in [9.17, 15) is 9.59 Å². The quantitative estimate of drug-likeness (QED) is 0.642. The fourth-order valence-corrected chi connectivity index (χ4v) is 4.02. The molecule has 9 heteroatoms. The van der Waals surface area contributed by atoms with Gasteiger partial charge in [-0.2, -0.15) is 0 Å². The highest BCUT2D eigenvalue weighted by Gasteiger charge is 2.36.